The van der Waals surface area contributed by atoms with Gasteiger partial charge in [0.05, 0.1) is 11.3 Å². The molecular formula is C15H15NO5. The van der Waals surface area contributed by atoms with Crippen molar-refractivity contribution in [3.8, 4) is 5.75 Å². The number of benzene rings is 1. The lowest BCUT2D eigenvalue weighted by Crippen LogP contribution is -2.14. The van der Waals surface area contributed by atoms with Crippen LogP contribution in [-0.2, 0) is 0 Å². The molecule has 21 heavy (non-hydrogen) atoms. The molecule has 1 aromatic carbocycles. The van der Waals surface area contributed by atoms with E-state index in [1.54, 1.807) is 20.8 Å². The number of carbonyl (C=O) groups excluding carboxylic acids is 1. The van der Waals surface area contributed by atoms with Crippen LogP contribution in [0.5, 0.6) is 5.75 Å². The molecule has 0 spiro atoms. The molecule has 0 aliphatic heterocycles. The number of carbonyl (C=O) groups is 2. The number of rotatable bonds is 3. The second-order valence-electron chi connectivity index (χ2n) is 4.68. The largest absolute Gasteiger partial charge is 0.505 e. The summed E-state index contributed by atoms with van der Waals surface area (Å²) in [4.78, 5) is 23.2. The number of carboxylic acid groups (broad SMARTS) is 1. The molecule has 2 aromatic rings. The average Bonchev–Trinajstić information content (AvgIpc) is 2.65. The first-order valence-electron chi connectivity index (χ1n) is 6.26. The van der Waals surface area contributed by atoms with E-state index in [1.165, 1.54) is 18.2 Å². The van der Waals surface area contributed by atoms with Gasteiger partial charge in [-0.1, -0.05) is 6.07 Å². The number of para-hydroxylation sites is 1. The van der Waals surface area contributed by atoms with Crippen molar-refractivity contribution in [3.63, 3.8) is 0 Å². The summed E-state index contributed by atoms with van der Waals surface area (Å²) in [6.45, 7) is 5.18. The standard InChI is InChI=1S/C15H15NO5/c1-7-8(2)21-9(3)12(7)14(18)16-11-6-4-5-10(13(11)17)15(19)20/h4-6,17H,1-3H3,(H,16,18)(H,19,20). The van der Waals surface area contributed by atoms with E-state index in [4.69, 9.17) is 9.52 Å². The van der Waals surface area contributed by atoms with Gasteiger partial charge in [0.1, 0.15) is 17.1 Å². The van der Waals surface area contributed by atoms with Gasteiger partial charge in [0.2, 0.25) is 0 Å². The molecular weight excluding hydrogens is 274 g/mol. The summed E-state index contributed by atoms with van der Waals surface area (Å²) in [7, 11) is 0. The summed E-state index contributed by atoms with van der Waals surface area (Å²) in [6, 6.07) is 4.13. The van der Waals surface area contributed by atoms with E-state index in [2.05, 4.69) is 5.32 Å². The van der Waals surface area contributed by atoms with Crippen LogP contribution in [0.1, 0.15) is 37.8 Å². The average molecular weight is 289 g/mol. The van der Waals surface area contributed by atoms with Gasteiger partial charge < -0.3 is 19.9 Å². The highest BCUT2D eigenvalue weighted by Crippen LogP contribution is 2.29. The SMILES string of the molecule is Cc1oc(C)c(C(=O)Nc2cccc(C(=O)O)c2O)c1C. The van der Waals surface area contributed by atoms with Gasteiger partial charge in [0.15, 0.2) is 5.75 Å². The Morgan fingerprint density at radius 3 is 2.33 bits per heavy atom. The van der Waals surface area contributed by atoms with Gasteiger partial charge in [-0.25, -0.2) is 4.79 Å². The third kappa shape index (κ3) is 2.60. The Labute approximate surface area is 121 Å². The minimum absolute atomic E-state index is 0.0394. The van der Waals surface area contributed by atoms with Crippen LogP contribution in [-0.4, -0.2) is 22.1 Å². The molecule has 1 amide bonds. The van der Waals surface area contributed by atoms with Crippen LogP contribution in [0.25, 0.3) is 0 Å². The Morgan fingerprint density at radius 2 is 1.81 bits per heavy atom. The molecule has 0 fully saturated rings. The summed E-state index contributed by atoms with van der Waals surface area (Å²) < 4.78 is 5.38. The van der Waals surface area contributed by atoms with E-state index in [-0.39, 0.29) is 11.3 Å². The second kappa shape index (κ2) is 5.32. The maximum atomic E-state index is 12.3. The number of phenols is 1. The molecule has 6 heteroatoms. The highest BCUT2D eigenvalue weighted by atomic mass is 16.4. The van der Waals surface area contributed by atoms with Crippen LogP contribution in [0.15, 0.2) is 22.6 Å². The van der Waals surface area contributed by atoms with E-state index in [0.29, 0.717) is 22.6 Å². The van der Waals surface area contributed by atoms with Crippen LogP contribution in [0, 0.1) is 20.8 Å². The quantitative estimate of drug-likeness (QED) is 0.754. The number of amides is 1. The fourth-order valence-corrected chi connectivity index (χ4v) is 2.13. The van der Waals surface area contributed by atoms with Gasteiger partial charge in [0, 0.05) is 5.56 Å². The van der Waals surface area contributed by atoms with Crippen molar-refractivity contribution in [1.29, 1.82) is 0 Å². The summed E-state index contributed by atoms with van der Waals surface area (Å²) in [5.74, 6) is -1.10. The summed E-state index contributed by atoms with van der Waals surface area (Å²) in [5, 5.41) is 21.3. The van der Waals surface area contributed by atoms with Gasteiger partial charge in [-0.15, -0.1) is 0 Å². The zero-order valence-corrected chi connectivity index (χ0v) is 11.9. The topological polar surface area (TPSA) is 99.8 Å². The number of aromatic hydroxyl groups is 1. The fraction of sp³-hybridized carbons (Fsp3) is 0.200. The zero-order chi connectivity index (χ0) is 15.7. The molecule has 0 radical (unpaired) electrons. The van der Waals surface area contributed by atoms with Crippen molar-refractivity contribution in [2.24, 2.45) is 0 Å². The second-order valence-corrected chi connectivity index (χ2v) is 4.68. The van der Waals surface area contributed by atoms with Crippen LogP contribution < -0.4 is 5.32 Å². The summed E-state index contributed by atoms with van der Waals surface area (Å²) >= 11 is 0. The van der Waals surface area contributed by atoms with Gasteiger partial charge in [-0.2, -0.15) is 0 Å². The lowest BCUT2D eigenvalue weighted by Gasteiger charge is -2.09. The Hall–Kier alpha value is -2.76. The number of hydrogen-bond acceptors (Lipinski definition) is 4. The molecule has 6 nitrogen and oxygen atoms in total. The maximum absolute atomic E-state index is 12.3. The molecule has 2 rings (SSSR count). The van der Waals surface area contributed by atoms with Crippen LogP contribution in [0.4, 0.5) is 5.69 Å². The number of furan rings is 1. The lowest BCUT2D eigenvalue weighted by atomic mass is 10.1. The number of aryl methyl sites for hydroxylation is 2. The van der Waals surface area contributed by atoms with Gasteiger partial charge >= 0.3 is 5.97 Å². The predicted molar refractivity (Wildman–Crippen MR) is 75.9 cm³/mol. The Balaban J connectivity index is 2.37. The van der Waals surface area contributed by atoms with Crippen LogP contribution in [0.2, 0.25) is 0 Å². The van der Waals surface area contributed by atoms with Crippen molar-refractivity contribution in [2.75, 3.05) is 5.32 Å². The third-order valence-electron chi connectivity index (χ3n) is 3.30. The molecule has 1 heterocycles. The van der Waals surface area contributed by atoms with Crippen molar-refractivity contribution < 1.29 is 24.2 Å². The molecule has 1 aromatic heterocycles. The van der Waals surface area contributed by atoms with Crippen LogP contribution >= 0.6 is 0 Å². The predicted octanol–water partition coefficient (Wildman–Crippen LogP) is 2.86. The Bertz CT molecular complexity index is 730. The highest BCUT2D eigenvalue weighted by molar-refractivity contribution is 6.07. The molecule has 0 saturated carbocycles. The normalized spacial score (nSPS) is 10.4. The van der Waals surface area contributed by atoms with E-state index in [9.17, 15) is 14.7 Å². The number of anilines is 1. The zero-order valence-electron chi connectivity index (χ0n) is 11.9. The first-order valence-corrected chi connectivity index (χ1v) is 6.26. The van der Waals surface area contributed by atoms with E-state index in [1.807, 2.05) is 0 Å². The molecule has 0 aliphatic carbocycles. The van der Waals surface area contributed by atoms with E-state index in [0.717, 1.165) is 0 Å². The molecule has 0 atom stereocenters. The molecule has 0 saturated heterocycles. The van der Waals surface area contributed by atoms with E-state index < -0.39 is 17.6 Å². The Kier molecular flexibility index (Phi) is 3.71. The maximum Gasteiger partial charge on any atom is 0.339 e. The minimum atomic E-state index is -1.27. The molecule has 3 N–H and O–H groups in total. The lowest BCUT2D eigenvalue weighted by molar-refractivity contribution is 0.0693. The number of aromatic carboxylic acids is 1. The third-order valence-corrected chi connectivity index (χ3v) is 3.30. The number of carboxylic acids is 1. The fourth-order valence-electron chi connectivity index (χ4n) is 2.13. The summed E-state index contributed by atoms with van der Waals surface area (Å²) in [5.41, 5.74) is 0.855. The summed E-state index contributed by atoms with van der Waals surface area (Å²) in [6.07, 6.45) is 0. The van der Waals surface area contributed by atoms with Gasteiger partial charge in [-0.3, -0.25) is 4.79 Å². The van der Waals surface area contributed by atoms with E-state index >= 15 is 0 Å². The smallest absolute Gasteiger partial charge is 0.339 e. The van der Waals surface area contributed by atoms with Crippen molar-refractivity contribution in [1.82, 2.24) is 0 Å². The van der Waals surface area contributed by atoms with Gasteiger partial charge in [0.25, 0.3) is 5.91 Å². The monoisotopic (exact) mass is 289 g/mol. The molecule has 0 aliphatic rings. The minimum Gasteiger partial charge on any atom is -0.505 e. The van der Waals surface area contributed by atoms with Crippen molar-refractivity contribution in [2.45, 2.75) is 20.8 Å². The van der Waals surface area contributed by atoms with Crippen molar-refractivity contribution >= 4 is 17.6 Å². The number of hydrogen-bond donors (Lipinski definition) is 3. The highest BCUT2D eigenvalue weighted by Gasteiger charge is 2.21. The first-order chi connectivity index (χ1) is 9.82. The van der Waals surface area contributed by atoms with Gasteiger partial charge in [-0.05, 0) is 32.9 Å². The number of nitrogens with one attached hydrogen (secondary N) is 1. The molecule has 0 bridgehead atoms. The van der Waals surface area contributed by atoms with Crippen molar-refractivity contribution in [3.05, 3.63) is 46.4 Å². The molecule has 110 valence electrons. The Morgan fingerprint density at radius 1 is 1.14 bits per heavy atom. The molecule has 0 unspecified atom stereocenters. The van der Waals surface area contributed by atoms with Crippen LogP contribution in [0.3, 0.4) is 0 Å². The first kappa shape index (κ1) is 14.6.